The van der Waals surface area contributed by atoms with Crippen LogP contribution in [0.3, 0.4) is 0 Å². The molecule has 0 saturated heterocycles. The number of ether oxygens (including phenoxy) is 1. The van der Waals surface area contributed by atoms with Crippen molar-refractivity contribution in [2.24, 2.45) is 0 Å². The van der Waals surface area contributed by atoms with Crippen LogP contribution in [-0.4, -0.2) is 54.3 Å². The number of nitrogens with one attached hydrogen (secondary N) is 2. The molecule has 0 aliphatic carbocycles. The van der Waals surface area contributed by atoms with Crippen molar-refractivity contribution < 1.29 is 37.8 Å². The van der Waals surface area contributed by atoms with Gasteiger partial charge in [-0.25, -0.2) is 13.6 Å². The van der Waals surface area contributed by atoms with Gasteiger partial charge in [-0.1, -0.05) is 60.7 Å². The molecule has 0 heterocycles. The molecule has 0 aliphatic rings. The van der Waals surface area contributed by atoms with Crippen LogP contribution in [0, 0.1) is 0 Å². The zero-order valence-electron chi connectivity index (χ0n) is 18.0. The minimum absolute atomic E-state index is 0.0673. The van der Waals surface area contributed by atoms with Crippen molar-refractivity contribution >= 4 is 23.8 Å². The van der Waals surface area contributed by atoms with Gasteiger partial charge in [-0.05, 0) is 18.1 Å². The first-order valence-corrected chi connectivity index (χ1v) is 9.94. The summed E-state index contributed by atoms with van der Waals surface area (Å²) in [5, 5.41) is 13.9. The maximum Gasteiger partial charge on any atom is 0.408 e. The summed E-state index contributed by atoms with van der Waals surface area (Å²) >= 11 is 0. The Kier molecular flexibility index (Phi) is 12.4. The fraction of sp³-hybridized carbons (Fsp3) is 0.304. The number of hydrogen-bond acceptors (Lipinski definition) is 5. The Labute approximate surface area is 189 Å². The predicted octanol–water partition coefficient (Wildman–Crippen LogP) is 2.61. The van der Waals surface area contributed by atoms with Crippen molar-refractivity contribution in [3.63, 3.8) is 0 Å². The first-order chi connectivity index (χ1) is 15.8. The Morgan fingerprint density at radius 3 is 1.85 bits per heavy atom. The summed E-state index contributed by atoms with van der Waals surface area (Å²) in [6.45, 7) is -0.946. The van der Waals surface area contributed by atoms with E-state index in [1.165, 1.54) is 6.92 Å². The highest BCUT2D eigenvalue weighted by Crippen LogP contribution is 2.06. The molecule has 0 aromatic heterocycles. The third-order valence-corrected chi connectivity index (χ3v) is 4.13. The molecule has 0 spiro atoms. The van der Waals surface area contributed by atoms with Crippen molar-refractivity contribution in [2.45, 2.75) is 32.0 Å². The van der Waals surface area contributed by atoms with E-state index < -0.39 is 49.2 Å². The maximum atomic E-state index is 12.4. The summed E-state index contributed by atoms with van der Waals surface area (Å²) in [6, 6.07) is 16.2. The topological polar surface area (TPSA) is 122 Å². The van der Waals surface area contributed by atoms with Crippen LogP contribution in [-0.2, 0) is 32.1 Å². The quantitative estimate of drug-likeness (QED) is 0.497. The fourth-order valence-electron chi connectivity index (χ4n) is 2.38. The number of aliphatic carboxylic acids is 1. The number of carboxylic acid groups (broad SMARTS) is 1. The number of amides is 2. The molecular formula is C23H26F2N2O6. The molecule has 2 unspecified atom stereocenters. The molecule has 2 rings (SSSR count). The lowest BCUT2D eigenvalue weighted by molar-refractivity contribution is -0.141. The Bertz CT molecular complexity index is 890. The van der Waals surface area contributed by atoms with Gasteiger partial charge in [-0.2, -0.15) is 0 Å². The van der Waals surface area contributed by atoms with Crippen LogP contribution < -0.4 is 10.6 Å². The van der Waals surface area contributed by atoms with Gasteiger partial charge in [0.05, 0.1) is 0 Å². The highest BCUT2D eigenvalue weighted by atomic mass is 19.1. The molecule has 0 fully saturated rings. The van der Waals surface area contributed by atoms with Crippen LogP contribution in [0.1, 0.15) is 18.1 Å². The second-order valence-electron chi connectivity index (χ2n) is 6.82. The summed E-state index contributed by atoms with van der Waals surface area (Å²) < 4.78 is 26.7. The van der Waals surface area contributed by atoms with Gasteiger partial charge in [0, 0.05) is 6.42 Å². The third-order valence-electron chi connectivity index (χ3n) is 4.13. The number of benzene rings is 2. The van der Waals surface area contributed by atoms with Gasteiger partial charge in [0.15, 0.2) is 19.1 Å². The van der Waals surface area contributed by atoms with Crippen LogP contribution in [0.4, 0.5) is 13.6 Å². The molecular weight excluding hydrogens is 438 g/mol. The standard InChI is InChI=1S/C20H22N2O5.C3H4F2O/c1-14(19(24)25)21-18(23)17(12-15-8-4-2-5-9-15)22-20(26)27-13-16-10-6-3-7-11-16;4-1-3(6)2-5/h2-11,14,17H,12-13H2,1H3,(H,21,23)(H,22,26)(H,24,25);1-2H2. The number of carbonyl (C=O) groups is 4. The largest absolute Gasteiger partial charge is 0.480 e. The van der Waals surface area contributed by atoms with Crippen molar-refractivity contribution in [1.82, 2.24) is 10.6 Å². The van der Waals surface area contributed by atoms with Gasteiger partial charge in [0.2, 0.25) is 5.91 Å². The third kappa shape index (κ3) is 11.4. The summed E-state index contributed by atoms with van der Waals surface area (Å²) in [6.07, 6.45) is -0.544. The highest BCUT2D eigenvalue weighted by molar-refractivity contribution is 5.89. The molecule has 0 bridgehead atoms. The molecule has 2 amide bonds. The number of halogens is 2. The van der Waals surface area contributed by atoms with Crippen LogP contribution in [0.2, 0.25) is 0 Å². The van der Waals surface area contributed by atoms with E-state index in [1.54, 1.807) is 0 Å². The molecule has 0 aliphatic heterocycles. The lowest BCUT2D eigenvalue weighted by atomic mass is 10.1. The van der Waals surface area contributed by atoms with E-state index in [0.29, 0.717) is 0 Å². The zero-order valence-corrected chi connectivity index (χ0v) is 18.0. The average molecular weight is 464 g/mol. The van der Waals surface area contributed by atoms with Gasteiger partial charge in [0.1, 0.15) is 18.7 Å². The van der Waals surface area contributed by atoms with E-state index >= 15 is 0 Å². The minimum atomic E-state index is -1.18. The van der Waals surface area contributed by atoms with Crippen molar-refractivity contribution in [3.05, 3.63) is 71.8 Å². The molecule has 2 aromatic carbocycles. The predicted molar refractivity (Wildman–Crippen MR) is 116 cm³/mol. The normalized spacial score (nSPS) is 11.7. The van der Waals surface area contributed by atoms with Crippen LogP contribution >= 0.6 is 0 Å². The van der Waals surface area contributed by atoms with Crippen LogP contribution in [0.25, 0.3) is 0 Å². The Hall–Kier alpha value is -3.82. The highest BCUT2D eigenvalue weighted by Gasteiger charge is 2.25. The first kappa shape index (κ1) is 27.2. The zero-order chi connectivity index (χ0) is 24.6. The van der Waals surface area contributed by atoms with Gasteiger partial charge in [0.25, 0.3) is 0 Å². The molecule has 10 heteroatoms. The summed E-state index contributed by atoms with van der Waals surface area (Å²) in [7, 11) is 0. The second-order valence-corrected chi connectivity index (χ2v) is 6.82. The smallest absolute Gasteiger partial charge is 0.408 e. The summed E-state index contributed by atoms with van der Waals surface area (Å²) in [5.41, 5.74) is 1.64. The molecule has 3 N–H and O–H groups in total. The lowest BCUT2D eigenvalue weighted by Crippen LogP contribution is -2.51. The van der Waals surface area contributed by atoms with E-state index in [0.717, 1.165) is 11.1 Å². The van der Waals surface area contributed by atoms with Crippen molar-refractivity contribution in [3.8, 4) is 0 Å². The molecule has 2 aromatic rings. The van der Waals surface area contributed by atoms with E-state index in [2.05, 4.69) is 10.6 Å². The second kappa shape index (κ2) is 15.1. The van der Waals surface area contributed by atoms with E-state index in [9.17, 15) is 28.0 Å². The number of carbonyl (C=O) groups excluding carboxylic acids is 3. The average Bonchev–Trinajstić information content (AvgIpc) is 2.83. The Morgan fingerprint density at radius 2 is 1.39 bits per heavy atom. The molecule has 33 heavy (non-hydrogen) atoms. The molecule has 2 atom stereocenters. The number of alkyl halides is 2. The first-order valence-electron chi connectivity index (χ1n) is 9.94. The van der Waals surface area contributed by atoms with Crippen molar-refractivity contribution in [1.29, 1.82) is 0 Å². The van der Waals surface area contributed by atoms with Crippen molar-refractivity contribution in [2.75, 3.05) is 13.3 Å². The number of hydrogen-bond donors (Lipinski definition) is 3. The molecule has 0 saturated carbocycles. The lowest BCUT2D eigenvalue weighted by Gasteiger charge is -2.20. The molecule has 178 valence electrons. The van der Waals surface area contributed by atoms with E-state index in [1.807, 2.05) is 60.7 Å². The van der Waals surface area contributed by atoms with Crippen LogP contribution in [0.5, 0.6) is 0 Å². The van der Waals surface area contributed by atoms with Gasteiger partial charge in [-0.15, -0.1) is 0 Å². The fourth-order valence-corrected chi connectivity index (χ4v) is 2.38. The monoisotopic (exact) mass is 464 g/mol. The molecule has 8 nitrogen and oxygen atoms in total. The van der Waals surface area contributed by atoms with Gasteiger partial charge in [-0.3, -0.25) is 14.4 Å². The Balaban J connectivity index is 0.000000801. The molecule has 0 radical (unpaired) electrons. The van der Waals surface area contributed by atoms with E-state index in [-0.39, 0.29) is 13.0 Å². The Morgan fingerprint density at radius 1 is 0.879 bits per heavy atom. The number of rotatable bonds is 10. The van der Waals surface area contributed by atoms with Gasteiger partial charge < -0.3 is 20.5 Å². The number of Topliss-reactive ketones (excluding diaryl/α,β-unsaturated/α-hetero) is 1. The summed E-state index contributed by atoms with van der Waals surface area (Å²) in [5.74, 6) is -2.74. The SMILES string of the molecule is CC(NC(=O)C(Cc1ccccc1)NC(=O)OCc1ccccc1)C(=O)O.O=C(CF)CF. The minimum Gasteiger partial charge on any atom is -0.480 e. The van der Waals surface area contributed by atoms with E-state index in [4.69, 9.17) is 9.84 Å². The number of ketones is 1. The maximum absolute atomic E-state index is 12.4. The van der Waals surface area contributed by atoms with Crippen LogP contribution in [0.15, 0.2) is 60.7 Å². The number of alkyl carbamates (subject to hydrolysis) is 1. The summed E-state index contributed by atoms with van der Waals surface area (Å²) in [4.78, 5) is 44.9. The van der Waals surface area contributed by atoms with Gasteiger partial charge >= 0.3 is 12.1 Å². The number of carboxylic acids is 1.